The van der Waals surface area contributed by atoms with E-state index in [9.17, 15) is 0 Å². The molecule has 1 nitrogen and oxygen atoms in total. The van der Waals surface area contributed by atoms with Crippen LogP contribution in [0.15, 0.2) is 29.3 Å². The minimum atomic E-state index is 0.227. The first-order valence-corrected chi connectivity index (χ1v) is 6.61. The summed E-state index contributed by atoms with van der Waals surface area (Å²) in [6, 6.07) is 9.19. The van der Waals surface area contributed by atoms with E-state index in [1.807, 2.05) is 6.21 Å². The summed E-state index contributed by atoms with van der Waals surface area (Å²) in [5, 5.41) is 0. The van der Waals surface area contributed by atoms with Crippen molar-refractivity contribution in [2.24, 2.45) is 4.99 Å². The van der Waals surface area contributed by atoms with E-state index < -0.39 is 0 Å². The van der Waals surface area contributed by atoms with Crippen LogP contribution >= 0.6 is 0 Å². The maximum absolute atomic E-state index is 4.60. The van der Waals surface area contributed by atoms with Gasteiger partial charge < -0.3 is 0 Å². The largest absolute Gasteiger partial charge is 0.289 e. The van der Waals surface area contributed by atoms with Gasteiger partial charge in [0.05, 0.1) is 0 Å². The lowest BCUT2D eigenvalue weighted by Crippen LogP contribution is -2.10. The summed E-state index contributed by atoms with van der Waals surface area (Å²) < 4.78 is 0. The van der Waals surface area contributed by atoms with E-state index in [2.05, 4.69) is 63.9 Å². The predicted octanol–water partition coefficient (Wildman–Crippen LogP) is 4.59. The highest BCUT2D eigenvalue weighted by Gasteiger charge is 2.12. The van der Waals surface area contributed by atoms with Crippen LogP contribution < -0.4 is 0 Å². The molecule has 0 aromatic heterocycles. The molecule has 1 aromatic rings. The third kappa shape index (κ3) is 4.33. The molecular formula is C16H25N. The maximum Gasteiger partial charge on any atom is 0.0494 e. The average molecular weight is 231 g/mol. The number of hydrogen-bond donors (Lipinski definition) is 0. The molecule has 0 bridgehead atoms. The zero-order valence-corrected chi connectivity index (χ0v) is 11.8. The molecule has 0 unspecified atom stereocenters. The molecule has 0 N–H and O–H groups in total. The van der Waals surface area contributed by atoms with Crippen LogP contribution in [0.5, 0.6) is 0 Å². The molecule has 0 spiro atoms. The quantitative estimate of drug-likeness (QED) is 0.672. The molecule has 0 aliphatic heterocycles. The number of hydrogen-bond acceptors (Lipinski definition) is 1. The summed E-state index contributed by atoms with van der Waals surface area (Å²) in [6.07, 6.45) is 4.24. The molecule has 0 aliphatic rings. The lowest BCUT2D eigenvalue weighted by atomic mass is 9.87. The van der Waals surface area contributed by atoms with Crippen LogP contribution in [0, 0.1) is 0 Å². The van der Waals surface area contributed by atoms with Gasteiger partial charge in [0.15, 0.2) is 0 Å². The van der Waals surface area contributed by atoms with Crippen molar-refractivity contribution in [2.75, 3.05) is 0 Å². The number of aliphatic imine (C=N–C) groups is 1. The van der Waals surface area contributed by atoms with Crippen molar-refractivity contribution in [1.29, 1.82) is 0 Å². The maximum atomic E-state index is 4.60. The van der Waals surface area contributed by atoms with Gasteiger partial charge in [0, 0.05) is 12.3 Å². The van der Waals surface area contributed by atoms with Crippen molar-refractivity contribution in [3.05, 3.63) is 35.4 Å². The molecule has 0 saturated heterocycles. The summed E-state index contributed by atoms with van der Waals surface area (Å²) in [7, 11) is 0. The van der Waals surface area contributed by atoms with E-state index in [4.69, 9.17) is 0 Å². The molecule has 0 fully saturated rings. The van der Waals surface area contributed by atoms with Crippen LogP contribution in [-0.2, 0) is 5.41 Å². The van der Waals surface area contributed by atoms with E-state index in [1.165, 1.54) is 11.1 Å². The zero-order valence-electron chi connectivity index (χ0n) is 11.8. The Morgan fingerprint density at radius 1 is 1.06 bits per heavy atom. The molecule has 94 valence electrons. The van der Waals surface area contributed by atoms with Gasteiger partial charge in [0.1, 0.15) is 0 Å². The molecule has 0 amide bonds. The molecule has 1 heteroatoms. The van der Waals surface area contributed by atoms with Gasteiger partial charge >= 0.3 is 0 Å². The number of rotatable bonds is 4. The van der Waals surface area contributed by atoms with Crippen LogP contribution in [0.1, 0.15) is 58.6 Å². The molecule has 0 radical (unpaired) electrons. The monoisotopic (exact) mass is 231 g/mol. The predicted molar refractivity (Wildman–Crippen MR) is 77.1 cm³/mol. The molecule has 17 heavy (non-hydrogen) atoms. The van der Waals surface area contributed by atoms with Crippen molar-refractivity contribution in [2.45, 2.75) is 58.9 Å². The fraction of sp³-hybridized carbons (Fsp3) is 0.562. The molecule has 0 aliphatic carbocycles. The zero-order chi connectivity index (χ0) is 12.9. The minimum Gasteiger partial charge on any atom is -0.289 e. The summed E-state index contributed by atoms with van der Waals surface area (Å²) in [4.78, 5) is 4.60. The van der Waals surface area contributed by atoms with Crippen LogP contribution in [-0.4, -0.2) is 12.3 Å². The molecular weight excluding hydrogens is 206 g/mol. The Balaban J connectivity index is 2.75. The highest BCUT2D eigenvalue weighted by Crippen LogP contribution is 2.21. The van der Waals surface area contributed by atoms with Crippen molar-refractivity contribution >= 4 is 6.21 Å². The fourth-order valence-electron chi connectivity index (χ4n) is 1.76. The van der Waals surface area contributed by atoms with Crippen LogP contribution in [0.4, 0.5) is 0 Å². The second kappa shape index (κ2) is 6.00. The smallest absolute Gasteiger partial charge is 0.0494 e. The van der Waals surface area contributed by atoms with E-state index in [1.54, 1.807) is 0 Å². The van der Waals surface area contributed by atoms with Crippen molar-refractivity contribution in [1.82, 2.24) is 0 Å². The lowest BCUT2D eigenvalue weighted by Gasteiger charge is -2.18. The number of benzene rings is 1. The first-order valence-electron chi connectivity index (χ1n) is 6.61. The topological polar surface area (TPSA) is 12.4 Å². The van der Waals surface area contributed by atoms with Gasteiger partial charge in [-0.15, -0.1) is 0 Å². The standard InChI is InChI=1S/C16H25N/c1-6-15(7-2)17-12-13-8-10-14(11-9-13)16(3,4)5/h8-12,15H,6-7H2,1-5H3. The molecule has 1 rings (SSSR count). The first kappa shape index (κ1) is 14.0. The second-order valence-corrected chi connectivity index (χ2v) is 5.62. The summed E-state index contributed by atoms with van der Waals surface area (Å²) >= 11 is 0. The van der Waals surface area contributed by atoms with Crippen molar-refractivity contribution < 1.29 is 0 Å². The Bertz CT molecular complexity index is 350. The van der Waals surface area contributed by atoms with Crippen LogP contribution in [0.2, 0.25) is 0 Å². The van der Waals surface area contributed by atoms with Crippen molar-refractivity contribution in [3.63, 3.8) is 0 Å². The van der Waals surface area contributed by atoms with Gasteiger partial charge in [-0.2, -0.15) is 0 Å². The summed E-state index contributed by atoms with van der Waals surface area (Å²) in [6.45, 7) is 11.1. The Hall–Kier alpha value is -1.11. The normalized spacial score (nSPS) is 12.6. The Morgan fingerprint density at radius 2 is 1.59 bits per heavy atom. The first-order chi connectivity index (χ1) is 7.97. The van der Waals surface area contributed by atoms with Gasteiger partial charge in [0.25, 0.3) is 0 Å². The average Bonchev–Trinajstić information content (AvgIpc) is 2.30. The van der Waals surface area contributed by atoms with Crippen molar-refractivity contribution in [3.8, 4) is 0 Å². The highest BCUT2D eigenvalue weighted by molar-refractivity contribution is 5.79. The SMILES string of the molecule is CCC(CC)N=Cc1ccc(C(C)(C)C)cc1. The molecule has 0 saturated carbocycles. The Morgan fingerprint density at radius 3 is 2.00 bits per heavy atom. The molecule has 0 heterocycles. The van der Waals surface area contributed by atoms with Gasteiger partial charge in [-0.3, -0.25) is 4.99 Å². The van der Waals surface area contributed by atoms with E-state index >= 15 is 0 Å². The van der Waals surface area contributed by atoms with Crippen LogP contribution in [0.25, 0.3) is 0 Å². The third-order valence-electron chi connectivity index (χ3n) is 3.15. The second-order valence-electron chi connectivity index (χ2n) is 5.62. The third-order valence-corrected chi connectivity index (χ3v) is 3.15. The van der Waals surface area contributed by atoms with E-state index in [0.717, 1.165) is 12.8 Å². The summed E-state index contributed by atoms with van der Waals surface area (Å²) in [5.74, 6) is 0. The van der Waals surface area contributed by atoms with Crippen LogP contribution in [0.3, 0.4) is 0 Å². The van der Waals surface area contributed by atoms with Gasteiger partial charge in [-0.25, -0.2) is 0 Å². The molecule has 0 atom stereocenters. The van der Waals surface area contributed by atoms with Gasteiger partial charge in [-0.05, 0) is 29.4 Å². The highest BCUT2D eigenvalue weighted by atomic mass is 14.8. The summed E-state index contributed by atoms with van der Waals surface area (Å²) in [5.41, 5.74) is 2.80. The fourth-order valence-corrected chi connectivity index (χ4v) is 1.76. The van der Waals surface area contributed by atoms with E-state index in [-0.39, 0.29) is 5.41 Å². The van der Waals surface area contributed by atoms with Gasteiger partial charge in [-0.1, -0.05) is 58.9 Å². The van der Waals surface area contributed by atoms with E-state index in [0.29, 0.717) is 6.04 Å². The minimum absolute atomic E-state index is 0.227. The Labute approximate surface area is 106 Å². The van der Waals surface area contributed by atoms with Gasteiger partial charge in [0.2, 0.25) is 0 Å². The lowest BCUT2D eigenvalue weighted by molar-refractivity contribution is 0.590. The number of nitrogens with zero attached hydrogens (tertiary/aromatic N) is 1. The Kier molecular flexibility index (Phi) is 4.92. The molecule has 1 aromatic carbocycles.